The van der Waals surface area contributed by atoms with E-state index in [0.29, 0.717) is 25.7 Å². The number of hydrogen-bond donors (Lipinski definition) is 4. The van der Waals surface area contributed by atoms with Crippen LogP contribution in [0.1, 0.15) is 64.7 Å². The molecule has 0 saturated carbocycles. The number of unbranched alkanes of at least 4 members (excludes halogenated alkanes) is 3. The molecule has 150 valence electrons. The number of hydrogen-bond acceptors (Lipinski definition) is 5. The monoisotopic (exact) mass is 370 g/mol. The highest BCUT2D eigenvalue weighted by atomic mass is 16.5. The van der Waals surface area contributed by atoms with Gasteiger partial charge in [-0.25, -0.2) is 0 Å². The molecule has 6 heteroatoms. The van der Waals surface area contributed by atoms with E-state index >= 15 is 0 Å². The summed E-state index contributed by atoms with van der Waals surface area (Å²) in [6, 6.07) is 0. The second kappa shape index (κ2) is 13.0. The third-order valence-electron chi connectivity index (χ3n) is 4.55. The van der Waals surface area contributed by atoms with Crippen molar-refractivity contribution in [1.82, 2.24) is 0 Å². The van der Waals surface area contributed by atoms with Crippen LogP contribution in [0.4, 0.5) is 0 Å². The summed E-state index contributed by atoms with van der Waals surface area (Å²) in [7, 11) is 0. The second-order valence-electron chi connectivity index (χ2n) is 6.95. The van der Waals surface area contributed by atoms with Crippen LogP contribution < -0.4 is 0 Å². The van der Waals surface area contributed by atoms with E-state index in [0.717, 1.165) is 12.8 Å². The van der Waals surface area contributed by atoms with Crippen molar-refractivity contribution in [3.8, 4) is 0 Å². The summed E-state index contributed by atoms with van der Waals surface area (Å²) in [4.78, 5) is 10.5. The molecule has 6 nitrogen and oxygen atoms in total. The predicted octanol–water partition coefficient (Wildman–Crippen LogP) is 2.56. The molecule has 1 rings (SSSR count). The van der Waals surface area contributed by atoms with Gasteiger partial charge in [0.1, 0.15) is 6.10 Å². The van der Waals surface area contributed by atoms with E-state index in [1.807, 2.05) is 6.08 Å². The summed E-state index contributed by atoms with van der Waals surface area (Å²) < 4.78 is 5.70. The Bertz CT molecular complexity index is 448. The Balaban J connectivity index is 2.32. The standard InChI is InChI=1S/C20H34O6/c1-2-3-4-5-6-7-10-16(22)19-14-17(23)18(26-19)13-12-15(21)9-8-11-20(24)25/h6-7,12-13,15-19,21-23H,2-5,8-11,14H2,1H3,(H,24,25)/b7-6-,13-12+/t15-,16-,17+,18-,19-/m0/s1. The van der Waals surface area contributed by atoms with Gasteiger partial charge in [0.2, 0.25) is 0 Å². The molecule has 1 heterocycles. The van der Waals surface area contributed by atoms with E-state index in [9.17, 15) is 20.1 Å². The summed E-state index contributed by atoms with van der Waals surface area (Å²) in [5, 5.41) is 38.7. The zero-order chi connectivity index (χ0) is 19.4. The van der Waals surface area contributed by atoms with Crippen LogP contribution >= 0.6 is 0 Å². The Labute approximate surface area is 156 Å². The molecule has 0 aromatic carbocycles. The fraction of sp³-hybridized carbons (Fsp3) is 0.750. The lowest BCUT2D eigenvalue weighted by molar-refractivity contribution is -0.137. The Morgan fingerprint density at radius 2 is 2.00 bits per heavy atom. The summed E-state index contributed by atoms with van der Waals surface area (Å²) in [6.45, 7) is 2.16. The van der Waals surface area contributed by atoms with Crippen LogP contribution in [0.25, 0.3) is 0 Å². The van der Waals surface area contributed by atoms with Crippen molar-refractivity contribution in [2.45, 2.75) is 95.2 Å². The van der Waals surface area contributed by atoms with Gasteiger partial charge in [-0.05, 0) is 32.1 Å². The highest BCUT2D eigenvalue weighted by Crippen LogP contribution is 2.25. The van der Waals surface area contributed by atoms with Crippen molar-refractivity contribution in [3.63, 3.8) is 0 Å². The molecule has 0 aromatic heterocycles. The Morgan fingerprint density at radius 3 is 2.69 bits per heavy atom. The zero-order valence-electron chi connectivity index (χ0n) is 15.7. The number of carbonyl (C=O) groups is 1. The largest absolute Gasteiger partial charge is 0.481 e. The van der Waals surface area contributed by atoms with Crippen molar-refractivity contribution < 1.29 is 30.0 Å². The molecule has 0 spiro atoms. The molecule has 1 fully saturated rings. The van der Waals surface area contributed by atoms with Gasteiger partial charge in [-0.1, -0.05) is 44.1 Å². The van der Waals surface area contributed by atoms with Gasteiger partial charge in [0.25, 0.3) is 0 Å². The summed E-state index contributed by atoms with van der Waals surface area (Å²) in [5.74, 6) is -0.882. The average Bonchev–Trinajstić information content (AvgIpc) is 2.96. The van der Waals surface area contributed by atoms with E-state index in [1.54, 1.807) is 6.08 Å². The lowest BCUT2D eigenvalue weighted by Crippen LogP contribution is -2.25. The van der Waals surface area contributed by atoms with Gasteiger partial charge in [-0.2, -0.15) is 0 Å². The quantitative estimate of drug-likeness (QED) is 0.293. The lowest BCUT2D eigenvalue weighted by Gasteiger charge is -2.16. The number of aliphatic hydroxyl groups is 3. The number of carboxylic acid groups (broad SMARTS) is 1. The van der Waals surface area contributed by atoms with Gasteiger partial charge in [0.15, 0.2) is 0 Å². The average molecular weight is 370 g/mol. The third kappa shape index (κ3) is 9.48. The Morgan fingerprint density at radius 1 is 1.23 bits per heavy atom. The Kier molecular flexibility index (Phi) is 11.4. The van der Waals surface area contributed by atoms with Crippen LogP contribution in [0.3, 0.4) is 0 Å². The predicted molar refractivity (Wildman–Crippen MR) is 99.8 cm³/mol. The van der Waals surface area contributed by atoms with E-state index in [2.05, 4.69) is 13.0 Å². The number of allylic oxidation sites excluding steroid dienone is 1. The van der Waals surface area contributed by atoms with Gasteiger partial charge >= 0.3 is 5.97 Å². The zero-order valence-corrected chi connectivity index (χ0v) is 15.7. The molecule has 0 unspecified atom stereocenters. The van der Waals surface area contributed by atoms with Crippen LogP contribution in [0.15, 0.2) is 24.3 Å². The van der Waals surface area contributed by atoms with Gasteiger partial charge < -0.3 is 25.2 Å². The number of rotatable bonds is 13. The third-order valence-corrected chi connectivity index (χ3v) is 4.55. The molecule has 5 atom stereocenters. The molecular formula is C20H34O6. The summed E-state index contributed by atoms with van der Waals surface area (Å²) >= 11 is 0. The molecule has 1 aliphatic rings. The minimum absolute atomic E-state index is 0.0215. The topological polar surface area (TPSA) is 107 Å². The maximum Gasteiger partial charge on any atom is 0.303 e. The van der Waals surface area contributed by atoms with Crippen molar-refractivity contribution in [3.05, 3.63) is 24.3 Å². The number of carboxylic acids is 1. The number of ether oxygens (including phenoxy) is 1. The fourth-order valence-electron chi connectivity index (χ4n) is 2.96. The van der Waals surface area contributed by atoms with E-state index in [4.69, 9.17) is 9.84 Å². The van der Waals surface area contributed by atoms with Crippen LogP contribution in [-0.2, 0) is 9.53 Å². The smallest absolute Gasteiger partial charge is 0.303 e. The summed E-state index contributed by atoms with van der Waals surface area (Å²) in [6.07, 6.45) is 10.2. The minimum Gasteiger partial charge on any atom is -0.481 e. The highest BCUT2D eigenvalue weighted by Gasteiger charge is 2.35. The van der Waals surface area contributed by atoms with Crippen molar-refractivity contribution in [2.75, 3.05) is 0 Å². The first-order valence-electron chi connectivity index (χ1n) is 9.68. The molecule has 0 bridgehead atoms. The first-order chi connectivity index (χ1) is 12.4. The highest BCUT2D eigenvalue weighted by molar-refractivity contribution is 5.66. The molecule has 0 amide bonds. The summed E-state index contributed by atoms with van der Waals surface area (Å²) in [5.41, 5.74) is 0. The van der Waals surface area contributed by atoms with Crippen molar-refractivity contribution >= 4 is 5.97 Å². The van der Waals surface area contributed by atoms with Gasteiger partial charge in [0.05, 0.1) is 24.4 Å². The normalized spacial score (nSPS) is 25.9. The minimum atomic E-state index is -0.882. The number of aliphatic carboxylic acids is 1. The maximum absolute atomic E-state index is 10.5. The van der Waals surface area contributed by atoms with E-state index in [1.165, 1.54) is 18.9 Å². The molecule has 0 radical (unpaired) electrons. The first kappa shape index (κ1) is 22.8. The molecule has 1 aliphatic heterocycles. The van der Waals surface area contributed by atoms with Gasteiger partial charge in [-0.3, -0.25) is 4.79 Å². The molecule has 4 N–H and O–H groups in total. The second-order valence-corrected chi connectivity index (χ2v) is 6.95. The number of aliphatic hydroxyl groups excluding tert-OH is 3. The maximum atomic E-state index is 10.5. The molecule has 1 saturated heterocycles. The molecule has 0 aromatic rings. The SMILES string of the molecule is CCCCC/C=C\C[C@H](O)[C@@H]1C[C@@H](O)[C@H](/C=C/[C@@H](O)CCCC(=O)O)O1. The molecular weight excluding hydrogens is 336 g/mol. The van der Waals surface area contributed by atoms with Crippen LogP contribution in [0.2, 0.25) is 0 Å². The lowest BCUT2D eigenvalue weighted by atomic mass is 10.0. The molecule has 26 heavy (non-hydrogen) atoms. The van der Waals surface area contributed by atoms with Crippen molar-refractivity contribution in [1.29, 1.82) is 0 Å². The van der Waals surface area contributed by atoms with Gasteiger partial charge in [-0.15, -0.1) is 0 Å². The first-order valence-corrected chi connectivity index (χ1v) is 9.68. The van der Waals surface area contributed by atoms with E-state index in [-0.39, 0.29) is 6.42 Å². The fourth-order valence-corrected chi connectivity index (χ4v) is 2.96. The molecule has 0 aliphatic carbocycles. The van der Waals surface area contributed by atoms with Gasteiger partial charge in [0, 0.05) is 12.8 Å². The van der Waals surface area contributed by atoms with Crippen LogP contribution in [-0.4, -0.2) is 56.9 Å². The van der Waals surface area contributed by atoms with Crippen molar-refractivity contribution in [2.24, 2.45) is 0 Å². The van der Waals surface area contributed by atoms with Crippen LogP contribution in [0.5, 0.6) is 0 Å². The Hall–Kier alpha value is -1.21. The van der Waals surface area contributed by atoms with Crippen LogP contribution in [0, 0.1) is 0 Å². The van der Waals surface area contributed by atoms with E-state index < -0.39 is 36.5 Å².